The maximum atomic E-state index is 11.5. The largest absolute Gasteiger partial charge is 0.460 e. The van der Waals surface area contributed by atoms with Crippen molar-refractivity contribution in [2.75, 3.05) is 19.6 Å². The molecule has 1 aliphatic heterocycles. The van der Waals surface area contributed by atoms with Crippen LogP contribution in [-0.2, 0) is 9.53 Å². The van der Waals surface area contributed by atoms with Gasteiger partial charge in [-0.1, -0.05) is 6.42 Å². The lowest BCUT2D eigenvalue weighted by molar-refractivity contribution is -0.155. The maximum absolute atomic E-state index is 11.5. The zero-order chi connectivity index (χ0) is 11.3. The molecule has 0 spiro atoms. The molecule has 0 amide bonds. The van der Waals surface area contributed by atoms with E-state index in [1.165, 1.54) is 19.3 Å². The standard InChI is InChI=1S/C12H23NO2/c1-12(2,3)15-11(14)7-10-13-8-5-4-6-9-13/h4-10H2,1-3H3. The highest BCUT2D eigenvalue weighted by Gasteiger charge is 2.17. The third kappa shape index (κ3) is 5.78. The van der Waals surface area contributed by atoms with Crippen molar-refractivity contribution in [1.82, 2.24) is 4.90 Å². The van der Waals surface area contributed by atoms with E-state index in [0.717, 1.165) is 19.6 Å². The summed E-state index contributed by atoms with van der Waals surface area (Å²) in [4.78, 5) is 13.8. The van der Waals surface area contributed by atoms with Crippen LogP contribution in [0.3, 0.4) is 0 Å². The predicted octanol–water partition coefficient (Wildman–Crippen LogP) is 2.20. The average molecular weight is 213 g/mol. The van der Waals surface area contributed by atoms with E-state index >= 15 is 0 Å². The van der Waals surface area contributed by atoms with Crippen LogP contribution < -0.4 is 0 Å². The normalized spacial score (nSPS) is 18.9. The molecule has 1 heterocycles. The molecule has 0 unspecified atom stereocenters. The Hall–Kier alpha value is -0.570. The SMILES string of the molecule is CC(C)(C)OC(=O)CCN1CCCCC1. The van der Waals surface area contributed by atoms with Gasteiger partial charge in [0.15, 0.2) is 0 Å². The summed E-state index contributed by atoms with van der Waals surface area (Å²) >= 11 is 0. The third-order valence-corrected chi connectivity index (χ3v) is 2.50. The first kappa shape index (κ1) is 12.5. The molecule has 0 atom stereocenters. The van der Waals surface area contributed by atoms with Crippen LogP contribution in [0, 0.1) is 0 Å². The van der Waals surface area contributed by atoms with E-state index in [4.69, 9.17) is 4.74 Å². The Bertz CT molecular complexity index is 202. The van der Waals surface area contributed by atoms with Gasteiger partial charge < -0.3 is 9.64 Å². The Labute approximate surface area is 92.8 Å². The van der Waals surface area contributed by atoms with E-state index in [0.29, 0.717) is 6.42 Å². The fraction of sp³-hybridized carbons (Fsp3) is 0.917. The molecule has 0 bridgehead atoms. The fourth-order valence-corrected chi connectivity index (χ4v) is 1.82. The second kappa shape index (κ2) is 5.50. The van der Waals surface area contributed by atoms with Crippen molar-refractivity contribution in [1.29, 1.82) is 0 Å². The first-order chi connectivity index (χ1) is 6.97. The minimum Gasteiger partial charge on any atom is -0.460 e. The number of hydrogen-bond donors (Lipinski definition) is 0. The lowest BCUT2D eigenvalue weighted by Crippen LogP contribution is -2.33. The number of esters is 1. The molecule has 0 radical (unpaired) electrons. The van der Waals surface area contributed by atoms with Crippen molar-refractivity contribution < 1.29 is 9.53 Å². The van der Waals surface area contributed by atoms with Gasteiger partial charge in [0.25, 0.3) is 0 Å². The van der Waals surface area contributed by atoms with Gasteiger partial charge in [-0.15, -0.1) is 0 Å². The van der Waals surface area contributed by atoms with Crippen molar-refractivity contribution in [3.63, 3.8) is 0 Å². The van der Waals surface area contributed by atoms with Gasteiger partial charge in [0.05, 0.1) is 6.42 Å². The van der Waals surface area contributed by atoms with E-state index < -0.39 is 0 Å². The zero-order valence-corrected chi connectivity index (χ0v) is 10.2. The number of nitrogens with zero attached hydrogens (tertiary/aromatic N) is 1. The molecule has 0 aliphatic carbocycles. The third-order valence-electron chi connectivity index (χ3n) is 2.50. The molecule has 1 rings (SSSR count). The van der Waals surface area contributed by atoms with Crippen LogP contribution in [0.4, 0.5) is 0 Å². The molecule has 1 aliphatic rings. The molecule has 0 aromatic carbocycles. The quantitative estimate of drug-likeness (QED) is 0.673. The second-order valence-electron chi connectivity index (χ2n) is 5.24. The first-order valence-corrected chi connectivity index (χ1v) is 5.91. The Morgan fingerprint density at radius 3 is 2.33 bits per heavy atom. The highest BCUT2D eigenvalue weighted by molar-refractivity contribution is 5.70. The highest BCUT2D eigenvalue weighted by atomic mass is 16.6. The molecule has 0 aromatic heterocycles. The minimum atomic E-state index is -0.348. The van der Waals surface area contributed by atoms with Crippen LogP contribution >= 0.6 is 0 Å². The van der Waals surface area contributed by atoms with Gasteiger partial charge in [0, 0.05) is 6.54 Å². The van der Waals surface area contributed by atoms with Crippen LogP contribution in [0.5, 0.6) is 0 Å². The highest BCUT2D eigenvalue weighted by Crippen LogP contribution is 2.11. The van der Waals surface area contributed by atoms with E-state index in [-0.39, 0.29) is 11.6 Å². The topological polar surface area (TPSA) is 29.5 Å². The van der Waals surface area contributed by atoms with Gasteiger partial charge in [-0.25, -0.2) is 0 Å². The monoisotopic (exact) mass is 213 g/mol. The van der Waals surface area contributed by atoms with Gasteiger partial charge in [-0.2, -0.15) is 0 Å². The molecule has 1 saturated heterocycles. The summed E-state index contributed by atoms with van der Waals surface area (Å²) in [6, 6.07) is 0. The number of carbonyl (C=O) groups is 1. The van der Waals surface area contributed by atoms with Crippen molar-refractivity contribution in [3.05, 3.63) is 0 Å². The van der Waals surface area contributed by atoms with Gasteiger partial charge >= 0.3 is 5.97 Å². The Kier molecular flexibility index (Phi) is 4.58. The summed E-state index contributed by atoms with van der Waals surface area (Å²) in [7, 11) is 0. The molecule has 0 aromatic rings. The summed E-state index contributed by atoms with van der Waals surface area (Å²) in [6.45, 7) is 8.86. The Balaban J connectivity index is 2.15. The average Bonchev–Trinajstić information content (AvgIpc) is 2.14. The number of piperidine rings is 1. The molecule has 88 valence electrons. The Morgan fingerprint density at radius 2 is 1.80 bits per heavy atom. The molecule has 0 N–H and O–H groups in total. The van der Waals surface area contributed by atoms with Crippen LogP contribution in [0.1, 0.15) is 46.5 Å². The summed E-state index contributed by atoms with van der Waals surface area (Å²) in [6.07, 6.45) is 4.41. The van der Waals surface area contributed by atoms with Crippen molar-refractivity contribution in [2.24, 2.45) is 0 Å². The van der Waals surface area contributed by atoms with E-state index in [2.05, 4.69) is 4.90 Å². The molecule has 1 fully saturated rings. The van der Waals surface area contributed by atoms with Crippen molar-refractivity contribution in [2.45, 2.75) is 52.1 Å². The Morgan fingerprint density at radius 1 is 1.20 bits per heavy atom. The van der Waals surface area contributed by atoms with E-state index in [1.54, 1.807) is 0 Å². The minimum absolute atomic E-state index is 0.0759. The maximum Gasteiger partial charge on any atom is 0.307 e. The molecule has 15 heavy (non-hydrogen) atoms. The number of hydrogen-bond acceptors (Lipinski definition) is 3. The van der Waals surface area contributed by atoms with Gasteiger partial charge in [0.2, 0.25) is 0 Å². The molecular weight excluding hydrogens is 190 g/mol. The zero-order valence-electron chi connectivity index (χ0n) is 10.2. The van der Waals surface area contributed by atoms with Crippen LogP contribution in [0.15, 0.2) is 0 Å². The van der Waals surface area contributed by atoms with Crippen LogP contribution in [0.25, 0.3) is 0 Å². The fourth-order valence-electron chi connectivity index (χ4n) is 1.82. The lowest BCUT2D eigenvalue weighted by atomic mass is 10.1. The van der Waals surface area contributed by atoms with Crippen LogP contribution in [0.2, 0.25) is 0 Å². The first-order valence-electron chi connectivity index (χ1n) is 5.91. The predicted molar refractivity (Wildman–Crippen MR) is 60.8 cm³/mol. The molecule has 3 heteroatoms. The van der Waals surface area contributed by atoms with E-state index in [1.807, 2.05) is 20.8 Å². The summed E-state index contributed by atoms with van der Waals surface area (Å²) < 4.78 is 5.26. The summed E-state index contributed by atoms with van der Waals surface area (Å²) in [5, 5.41) is 0. The number of carbonyl (C=O) groups excluding carboxylic acids is 1. The number of rotatable bonds is 3. The van der Waals surface area contributed by atoms with Gasteiger partial charge in [0.1, 0.15) is 5.60 Å². The van der Waals surface area contributed by atoms with Crippen LogP contribution in [-0.4, -0.2) is 36.1 Å². The molecule has 0 saturated carbocycles. The number of ether oxygens (including phenoxy) is 1. The second-order valence-corrected chi connectivity index (χ2v) is 5.24. The van der Waals surface area contributed by atoms with Gasteiger partial charge in [-0.3, -0.25) is 4.79 Å². The van der Waals surface area contributed by atoms with Crippen molar-refractivity contribution >= 4 is 5.97 Å². The smallest absolute Gasteiger partial charge is 0.307 e. The lowest BCUT2D eigenvalue weighted by Gasteiger charge is -2.26. The van der Waals surface area contributed by atoms with E-state index in [9.17, 15) is 4.79 Å². The summed E-state index contributed by atoms with van der Waals surface area (Å²) in [5.74, 6) is -0.0759. The number of likely N-dealkylation sites (tertiary alicyclic amines) is 1. The van der Waals surface area contributed by atoms with Crippen molar-refractivity contribution in [3.8, 4) is 0 Å². The van der Waals surface area contributed by atoms with Gasteiger partial charge in [-0.05, 0) is 46.7 Å². The summed E-state index contributed by atoms with van der Waals surface area (Å²) in [5.41, 5.74) is -0.348. The molecular formula is C12H23NO2. The molecule has 3 nitrogen and oxygen atoms in total.